The Morgan fingerprint density at radius 3 is 2.28 bits per heavy atom. The van der Waals surface area contributed by atoms with E-state index in [0.717, 1.165) is 11.1 Å². The third-order valence-electron chi connectivity index (χ3n) is 4.18. The molecular weight excluding hydrogens is 320 g/mol. The molecule has 130 valence electrons. The minimum Gasteiger partial charge on any atom is -0.481 e. The van der Waals surface area contributed by atoms with Gasteiger partial charge in [-0.25, -0.2) is 0 Å². The zero-order valence-electron chi connectivity index (χ0n) is 13.5. The third kappa shape index (κ3) is 3.96. The molecule has 2 aromatic rings. The maximum Gasteiger partial charge on any atom is 0.204 e. The molecule has 4 atom stereocenters. The van der Waals surface area contributed by atoms with Crippen molar-refractivity contribution in [2.75, 3.05) is 0 Å². The van der Waals surface area contributed by atoms with Crippen LogP contribution < -0.4 is 0 Å². The number of carbonyl (C=O) groups is 1. The summed E-state index contributed by atoms with van der Waals surface area (Å²) in [7, 11) is 0. The molecule has 1 unspecified atom stereocenters. The van der Waals surface area contributed by atoms with Gasteiger partial charge in [-0.3, -0.25) is 4.79 Å². The molecule has 3 N–H and O–H groups in total. The minimum absolute atomic E-state index is 0.115. The predicted molar refractivity (Wildman–Crippen MR) is 92.5 cm³/mol. The van der Waals surface area contributed by atoms with Crippen LogP contribution in [0, 0.1) is 0 Å². The van der Waals surface area contributed by atoms with Gasteiger partial charge in [0.25, 0.3) is 0 Å². The maximum absolute atomic E-state index is 12.4. The molecular formula is C20H20O5. The highest BCUT2D eigenvalue weighted by Crippen LogP contribution is 2.28. The van der Waals surface area contributed by atoms with E-state index in [9.17, 15) is 20.1 Å². The van der Waals surface area contributed by atoms with E-state index in [0.29, 0.717) is 0 Å². The van der Waals surface area contributed by atoms with Crippen molar-refractivity contribution in [3.05, 3.63) is 77.5 Å². The van der Waals surface area contributed by atoms with Gasteiger partial charge >= 0.3 is 0 Å². The summed E-state index contributed by atoms with van der Waals surface area (Å²) < 4.78 is 5.46. The van der Waals surface area contributed by atoms with Gasteiger partial charge in [0.05, 0.1) is 0 Å². The van der Waals surface area contributed by atoms with Crippen molar-refractivity contribution in [1.29, 1.82) is 0 Å². The Hall–Kier alpha value is -2.47. The first-order chi connectivity index (χ1) is 12.1. The summed E-state index contributed by atoms with van der Waals surface area (Å²) in [5.41, 5.74) is 1.58. The van der Waals surface area contributed by atoms with E-state index in [1.54, 1.807) is 18.2 Å². The number of ketones is 1. The highest BCUT2D eigenvalue weighted by molar-refractivity contribution is 5.89. The fraction of sp³-hybridized carbons (Fsp3) is 0.250. The second-order valence-electron chi connectivity index (χ2n) is 6.04. The molecule has 2 aromatic carbocycles. The lowest BCUT2D eigenvalue weighted by atomic mass is 9.98. The van der Waals surface area contributed by atoms with Crippen molar-refractivity contribution in [2.24, 2.45) is 0 Å². The Balaban J connectivity index is 1.72. The molecule has 0 radical (unpaired) electrons. The van der Waals surface area contributed by atoms with Crippen LogP contribution in [0.25, 0.3) is 6.08 Å². The molecule has 3 rings (SSSR count). The lowest BCUT2D eigenvalue weighted by molar-refractivity contribution is -0.139. The second kappa shape index (κ2) is 7.61. The zero-order valence-corrected chi connectivity index (χ0v) is 13.5. The maximum atomic E-state index is 12.4. The Labute approximate surface area is 145 Å². The molecule has 0 aromatic heterocycles. The number of ether oxygens (including phenoxy) is 1. The second-order valence-corrected chi connectivity index (χ2v) is 6.04. The van der Waals surface area contributed by atoms with Gasteiger partial charge in [0.15, 0.2) is 6.10 Å². The van der Waals surface area contributed by atoms with Crippen LogP contribution in [0.15, 0.2) is 66.4 Å². The van der Waals surface area contributed by atoms with E-state index < -0.39 is 30.2 Å². The average molecular weight is 340 g/mol. The van der Waals surface area contributed by atoms with Crippen molar-refractivity contribution in [3.63, 3.8) is 0 Å². The van der Waals surface area contributed by atoms with Crippen molar-refractivity contribution in [1.82, 2.24) is 0 Å². The van der Waals surface area contributed by atoms with Gasteiger partial charge in [-0.05, 0) is 17.2 Å². The monoisotopic (exact) mass is 340 g/mol. The Morgan fingerprint density at radius 1 is 1.04 bits per heavy atom. The largest absolute Gasteiger partial charge is 0.481 e. The summed E-state index contributed by atoms with van der Waals surface area (Å²) in [6.07, 6.45) is -3.62. The fourth-order valence-electron chi connectivity index (χ4n) is 2.81. The first-order valence-corrected chi connectivity index (χ1v) is 8.11. The molecule has 1 aliphatic heterocycles. The van der Waals surface area contributed by atoms with E-state index in [4.69, 9.17) is 4.74 Å². The molecule has 0 bridgehead atoms. The smallest absolute Gasteiger partial charge is 0.204 e. The number of hydrogen-bond acceptors (Lipinski definition) is 5. The van der Waals surface area contributed by atoms with Crippen LogP contribution in [0.3, 0.4) is 0 Å². The SMILES string of the molecule is O=C(C(O)Cc1ccccc1)[C@H]1OC(=Cc2ccccc2)[C@H](O)[C@H]1O. The summed E-state index contributed by atoms with van der Waals surface area (Å²) in [4.78, 5) is 12.4. The molecule has 5 nitrogen and oxygen atoms in total. The van der Waals surface area contributed by atoms with E-state index in [2.05, 4.69) is 0 Å². The van der Waals surface area contributed by atoms with Crippen LogP contribution in [-0.2, 0) is 16.0 Å². The van der Waals surface area contributed by atoms with Gasteiger partial charge < -0.3 is 20.1 Å². The quantitative estimate of drug-likeness (QED) is 0.764. The number of benzene rings is 2. The summed E-state index contributed by atoms with van der Waals surface area (Å²) in [6, 6.07) is 18.2. The van der Waals surface area contributed by atoms with Crippen molar-refractivity contribution >= 4 is 11.9 Å². The normalized spacial score (nSPS) is 25.6. The van der Waals surface area contributed by atoms with Crippen LogP contribution in [0.1, 0.15) is 11.1 Å². The topological polar surface area (TPSA) is 87.0 Å². The molecule has 0 amide bonds. The van der Waals surface area contributed by atoms with Gasteiger partial charge in [0, 0.05) is 6.42 Å². The van der Waals surface area contributed by atoms with E-state index in [-0.39, 0.29) is 12.2 Å². The summed E-state index contributed by atoms with van der Waals surface area (Å²) >= 11 is 0. The highest BCUT2D eigenvalue weighted by Gasteiger charge is 2.45. The van der Waals surface area contributed by atoms with E-state index >= 15 is 0 Å². The Bertz CT molecular complexity index is 741. The molecule has 1 fully saturated rings. The van der Waals surface area contributed by atoms with Crippen LogP contribution in [0.5, 0.6) is 0 Å². The number of aliphatic hydroxyl groups is 3. The number of rotatable bonds is 5. The van der Waals surface area contributed by atoms with Gasteiger partial charge in [-0.1, -0.05) is 60.7 Å². The number of Topliss-reactive ketones (excluding diaryl/α,β-unsaturated/α-hetero) is 1. The average Bonchev–Trinajstić information content (AvgIpc) is 2.91. The van der Waals surface area contributed by atoms with Crippen molar-refractivity contribution in [3.8, 4) is 0 Å². The fourth-order valence-corrected chi connectivity index (χ4v) is 2.81. The summed E-state index contributed by atoms with van der Waals surface area (Å²) in [6.45, 7) is 0. The van der Waals surface area contributed by atoms with Gasteiger partial charge in [-0.2, -0.15) is 0 Å². The molecule has 1 heterocycles. The third-order valence-corrected chi connectivity index (χ3v) is 4.18. The molecule has 0 aliphatic carbocycles. The molecule has 1 saturated heterocycles. The zero-order chi connectivity index (χ0) is 17.8. The summed E-state index contributed by atoms with van der Waals surface area (Å²) in [5, 5.41) is 30.4. The van der Waals surface area contributed by atoms with Crippen LogP contribution >= 0.6 is 0 Å². The van der Waals surface area contributed by atoms with Gasteiger partial charge in [0.2, 0.25) is 5.78 Å². The van der Waals surface area contributed by atoms with Crippen molar-refractivity contribution in [2.45, 2.75) is 30.8 Å². The van der Waals surface area contributed by atoms with Crippen LogP contribution in [0.4, 0.5) is 0 Å². The number of aliphatic hydroxyl groups excluding tert-OH is 3. The number of hydrogen-bond donors (Lipinski definition) is 3. The molecule has 5 heteroatoms. The number of carbonyl (C=O) groups excluding carboxylic acids is 1. The van der Waals surface area contributed by atoms with Crippen LogP contribution in [0.2, 0.25) is 0 Å². The highest BCUT2D eigenvalue weighted by atomic mass is 16.5. The first-order valence-electron chi connectivity index (χ1n) is 8.11. The minimum atomic E-state index is -1.41. The van der Waals surface area contributed by atoms with E-state index in [1.165, 1.54) is 0 Å². The van der Waals surface area contributed by atoms with Crippen molar-refractivity contribution < 1.29 is 24.9 Å². The molecule has 1 aliphatic rings. The summed E-state index contributed by atoms with van der Waals surface area (Å²) in [5.74, 6) is -0.532. The Kier molecular flexibility index (Phi) is 5.28. The lowest BCUT2D eigenvalue weighted by Crippen LogP contribution is -2.41. The molecule has 0 saturated carbocycles. The van der Waals surface area contributed by atoms with Crippen LogP contribution in [-0.4, -0.2) is 45.5 Å². The predicted octanol–water partition coefficient (Wildman–Crippen LogP) is 1.32. The van der Waals surface area contributed by atoms with E-state index in [1.807, 2.05) is 48.5 Å². The van der Waals surface area contributed by atoms with Gasteiger partial charge in [0.1, 0.15) is 24.1 Å². The Morgan fingerprint density at radius 2 is 1.64 bits per heavy atom. The van der Waals surface area contributed by atoms with Gasteiger partial charge in [-0.15, -0.1) is 0 Å². The molecule has 0 spiro atoms. The lowest BCUT2D eigenvalue weighted by Gasteiger charge is -2.17. The first kappa shape index (κ1) is 17.4. The standard InChI is InChI=1S/C20H20O5/c21-15(11-13-7-3-1-4-8-13)17(22)20-19(24)18(23)16(25-20)12-14-9-5-2-6-10-14/h1-10,12,15,18-21,23-24H,11H2/t15?,18-,19+,20+/m0/s1. The molecule has 25 heavy (non-hydrogen) atoms.